The van der Waals surface area contributed by atoms with Crippen LogP contribution in [0.15, 0.2) is 53.4 Å². The van der Waals surface area contributed by atoms with Crippen LogP contribution in [0.25, 0.3) is 5.69 Å². The summed E-state index contributed by atoms with van der Waals surface area (Å²) in [5, 5.41) is 7.27. The second kappa shape index (κ2) is 7.58. The molecule has 1 aromatic heterocycles. The van der Waals surface area contributed by atoms with Crippen LogP contribution >= 0.6 is 0 Å². The van der Waals surface area contributed by atoms with Crippen LogP contribution in [0.5, 0.6) is 0 Å². The highest BCUT2D eigenvalue weighted by Crippen LogP contribution is 2.29. The van der Waals surface area contributed by atoms with E-state index in [4.69, 9.17) is 0 Å². The van der Waals surface area contributed by atoms with Crippen molar-refractivity contribution in [3.05, 3.63) is 71.3 Å². The molecule has 0 spiro atoms. The number of carbonyl (C=O) groups is 1. The van der Waals surface area contributed by atoms with Gasteiger partial charge in [-0.1, -0.05) is 6.07 Å². The summed E-state index contributed by atoms with van der Waals surface area (Å²) < 4.78 is 42.6. The van der Waals surface area contributed by atoms with Crippen LogP contribution in [0.4, 0.5) is 10.1 Å². The Hall–Kier alpha value is -3.04. The van der Waals surface area contributed by atoms with E-state index in [1.54, 1.807) is 28.9 Å². The van der Waals surface area contributed by atoms with Gasteiger partial charge in [0.25, 0.3) is 5.91 Å². The molecule has 3 aromatic rings. The summed E-state index contributed by atoms with van der Waals surface area (Å²) in [7, 11) is -3.62. The fraction of sp³-hybridized carbons (Fsp3) is 0.273. The van der Waals surface area contributed by atoms with E-state index < -0.39 is 15.9 Å². The Balaban J connectivity index is 1.42. The standard InChI is InChI=1S/C22H21FN4O3S/c23-14-7-11-17(12-8-14)27-20-6-2-5-19(20)21(25-27)22(28)24-16-3-1-4-18(13-16)31(29,30)26-15-9-10-15/h1,3-4,7-8,11-13,15,26H,2,5-6,9-10H2,(H,24,28). The quantitative estimate of drug-likeness (QED) is 0.616. The Morgan fingerprint density at radius 3 is 2.61 bits per heavy atom. The Labute approximate surface area is 179 Å². The van der Waals surface area contributed by atoms with Crippen LogP contribution in [0, 0.1) is 5.82 Å². The van der Waals surface area contributed by atoms with Gasteiger partial charge in [0.15, 0.2) is 5.69 Å². The molecule has 0 saturated heterocycles. The average Bonchev–Trinajstić information content (AvgIpc) is 3.28. The van der Waals surface area contributed by atoms with Crippen molar-refractivity contribution in [2.45, 2.75) is 43.0 Å². The van der Waals surface area contributed by atoms with Crippen LogP contribution in [-0.4, -0.2) is 30.1 Å². The van der Waals surface area contributed by atoms with Crippen molar-refractivity contribution in [3.63, 3.8) is 0 Å². The average molecular weight is 441 g/mol. The van der Waals surface area contributed by atoms with Crippen LogP contribution in [0.3, 0.4) is 0 Å². The molecule has 1 fully saturated rings. The van der Waals surface area contributed by atoms with E-state index >= 15 is 0 Å². The van der Waals surface area contributed by atoms with Gasteiger partial charge < -0.3 is 5.32 Å². The molecule has 1 heterocycles. The highest BCUT2D eigenvalue weighted by atomic mass is 32.2. The van der Waals surface area contributed by atoms with Crippen LogP contribution in [0.2, 0.25) is 0 Å². The molecular weight excluding hydrogens is 419 g/mol. The molecule has 2 aliphatic rings. The third-order valence-electron chi connectivity index (χ3n) is 5.52. The van der Waals surface area contributed by atoms with Gasteiger partial charge in [0.1, 0.15) is 5.82 Å². The summed E-state index contributed by atoms with van der Waals surface area (Å²) in [6.07, 6.45) is 4.12. The molecule has 0 atom stereocenters. The zero-order valence-electron chi connectivity index (χ0n) is 16.6. The number of aromatic nitrogens is 2. The van der Waals surface area contributed by atoms with Crippen LogP contribution in [0.1, 0.15) is 41.0 Å². The number of carbonyl (C=O) groups excluding carboxylic acids is 1. The predicted octanol–water partition coefficient (Wildman–Crippen LogP) is 3.19. The first kappa shape index (κ1) is 19.9. The van der Waals surface area contributed by atoms with E-state index in [1.165, 1.54) is 24.3 Å². The number of halogens is 1. The zero-order chi connectivity index (χ0) is 21.6. The van der Waals surface area contributed by atoms with Gasteiger partial charge in [0.2, 0.25) is 10.0 Å². The summed E-state index contributed by atoms with van der Waals surface area (Å²) in [5.74, 6) is -0.736. The SMILES string of the molecule is O=C(Nc1cccc(S(=O)(=O)NC2CC2)c1)c1nn(-c2ccc(F)cc2)c2c1CCC2. The molecule has 0 bridgehead atoms. The first-order valence-electron chi connectivity index (χ1n) is 10.2. The first-order valence-corrected chi connectivity index (χ1v) is 11.7. The maximum Gasteiger partial charge on any atom is 0.276 e. The molecule has 2 N–H and O–H groups in total. The number of nitrogens with one attached hydrogen (secondary N) is 2. The van der Waals surface area contributed by atoms with Crippen molar-refractivity contribution in [1.29, 1.82) is 0 Å². The molecule has 160 valence electrons. The molecule has 7 nitrogen and oxygen atoms in total. The molecule has 0 radical (unpaired) electrons. The Kier molecular flexibility index (Phi) is 4.86. The van der Waals surface area contributed by atoms with Crippen molar-refractivity contribution < 1.29 is 17.6 Å². The second-order valence-corrected chi connectivity index (χ2v) is 9.61. The molecular formula is C22H21FN4O3S. The van der Waals surface area contributed by atoms with Crippen molar-refractivity contribution in [2.75, 3.05) is 5.32 Å². The number of benzene rings is 2. The highest BCUT2D eigenvalue weighted by Gasteiger charge is 2.29. The highest BCUT2D eigenvalue weighted by molar-refractivity contribution is 7.89. The van der Waals surface area contributed by atoms with E-state index in [9.17, 15) is 17.6 Å². The summed E-state index contributed by atoms with van der Waals surface area (Å²) in [6, 6.07) is 12.2. The van der Waals surface area contributed by atoms with Gasteiger partial charge in [0, 0.05) is 23.0 Å². The minimum absolute atomic E-state index is 0.00117. The third-order valence-corrected chi connectivity index (χ3v) is 7.04. The number of nitrogens with zero attached hydrogens (tertiary/aromatic N) is 2. The normalized spacial score (nSPS) is 15.6. The van der Waals surface area contributed by atoms with E-state index in [0.717, 1.165) is 43.4 Å². The second-order valence-electron chi connectivity index (χ2n) is 7.89. The molecule has 5 rings (SSSR count). The lowest BCUT2D eigenvalue weighted by Gasteiger charge is -2.09. The lowest BCUT2D eigenvalue weighted by Crippen LogP contribution is -2.25. The fourth-order valence-corrected chi connectivity index (χ4v) is 5.19. The molecule has 2 aliphatic carbocycles. The maximum atomic E-state index is 13.3. The monoisotopic (exact) mass is 440 g/mol. The molecule has 0 aliphatic heterocycles. The molecule has 1 amide bonds. The summed E-state index contributed by atoms with van der Waals surface area (Å²) in [4.78, 5) is 13.1. The zero-order valence-corrected chi connectivity index (χ0v) is 17.5. The number of rotatable bonds is 6. The minimum atomic E-state index is -3.62. The summed E-state index contributed by atoms with van der Waals surface area (Å²) >= 11 is 0. The van der Waals surface area contributed by atoms with Gasteiger partial charge in [-0.2, -0.15) is 5.10 Å². The van der Waals surface area contributed by atoms with E-state index in [2.05, 4.69) is 15.1 Å². The van der Waals surface area contributed by atoms with Gasteiger partial charge in [-0.05, 0) is 74.6 Å². The first-order chi connectivity index (χ1) is 14.9. The molecule has 2 aromatic carbocycles. The van der Waals surface area contributed by atoms with Crippen LogP contribution < -0.4 is 10.0 Å². The van der Waals surface area contributed by atoms with Crippen LogP contribution in [-0.2, 0) is 22.9 Å². The number of hydrogen-bond acceptors (Lipinski definition) is 4. The summed E-state index contributed by atoms with van der Waals surface area (Å²) in [5.41, 5.74) is 3.20. The van der Waals surface area contributed by atoms with Gasteiger partial charge in [-0.25, -0.2) is 22.2 Å². The predicted molar refractivity (Wildman–Crippen MR) is 113 cm³/mol. The molecule has 9 heteroatoms. The lowest BCUT2D eigenvalue weighted by atomic mass is 10.2. The molecule has 31 heavy (non-hydrogen) atoms. The Morgan fingerprint density at radius 1 is 1.10 bits per heavy atom. The largest absolute Gasteiger partial charge is 0.321 e. The minimum Gasteiger partial charge on any atom is -0.321 e. The number of hydrogen-bond donors (Lipinski definition) is 2. The van der Waals surface area contributed by atoms with Gasteiger partial charge in [0.05, 0.1) is 10.6 Å². The number of anilines is 1. The molecule has 1 saturated carbocycles. The topological polar surface area (TPSA) is 93.1 Å². The van der Waals surface area contributed by atoms with E-state index in [0.29, 0.717) is 17.1 Å². The van der Waals surface area contributed by atoms with Gasteiger partial charge >= 0.3 is 0 Å². The fourth-order valence-electron chi connectivity index (χ4n) is 3.84. The Bertz CT molecular complexity index is 1260. The number of fused-ring (bicyclic) bond motifs is 1. The van der Waals surface area contributed by atoms with Crippen molar-refractivity contribution in [2.24, 2.45) is 0 Å². The Morgan fingerprint density at radius 2 is 1.87 bits per heavy atom. The van der Waals surface area contributed by atoms with Gasteiger partial charge in [-0.15, -0.1) is 0 Å². The van der Waals surface area contributed by atoms with Crippen molar-refractivity contribution in [3.8, 4) is 5.69 Å². The summed E-state index contributed by atoms with van der Waals surface area (Å²) in [6.45, 7) is 0. The maximum absolute atomic E-state index is 13.3. The third kappa shape index (κ3) is 3.98. The number of amides is 1. The van der Waals surface area contributed by atoms with Crippen molar-refractivity contribution in [1.82, 2.24) is 14.5 Å². The van der Waals surface area contributed by atoms with Gasteiger partial charge in [-0.3, -0.25) is 4.79 Å². The molecule has 0 unspecified atom stereocenters. The lowest BCUT2D eigenvalue weighted by molar-refractivity contribution is 0.102. The van der Waals surface area contributed by atoms with Crippen molar-refractivity contribution >= 4 is 21.6 Å². The van der Waals surface area contributed by atoms with E-state index in [-0.39, 0.29) is 16.8 Å². The van der Waals surface area contributed by atoms with E-state index in [1.807, 2.05) is 0 Å². The number of sulfonamides is 1. The smallest absolute Gasteiger partial charge is 0.276 e.